The van der Waals surface area contributed by atoms with Crippen molar-refractivity contribution in [2.75, 3.05) is 37.8 Å². The molecule has 6 heteroatoms. The van der Waals surface area contributed by atoms with Crippen LogP contribution in [0.4, 0.5) is 16.3 Å². The highest BCUT2D eigenvalue weighted by Crippen LogP contribution is 2.33. The molecule has 2 aromatic carbocycles. The Balaban J connectivity index is 1.42. The van der Waals surface area contributed by atoms with Crippen molar-refractivity contribution in [3.8, 4) is 0 Å². The second-order valence-corrected chi connectivity index (χ2v) is 7.72. The lowest BCUT2D eigenvalue weighted by atomic mass is 10.1. The number of pyridine rings is 1. The zero-order chi connectivity index (χ0) is 20.2. The number of nitrogens with zero attached hydrogens (tertiary/aromatic N) is 2. The maximum absolute atomic E-state index is 12.0. The summed E-state index contributed by atoms with van der Waals surface area (Å²) in [5.41, 5.74) is 4.45. The summed E-state index contributed by atoms with van der Waals surface area (Å²) >= 11 is 0. The first-order valence-corrected chi connectivity index (χ1v) is 10.0. The maximum Gasteiger partial charge on any atom is 0.319 e. The summed E-state index contributed by atoms with van der Waals surface area (Å²) in [4.78, 5) is 18.8. The summed E-state index contributed by atoms with van der Waals surface area (Å²) in [6.07, 6.45) is 2.19. The molecule has 0 spiro atoms. The van der Waals surface area contributed by atoms with Gasteiger partial charge in [0.1, 0.15) is 5.82 Å². The van der Waals surface area contributed by atoms with Crippen molar-refractivity contribution < 1.29 is 4.79 Å². The Morgan fingerprint density at radius 2 is 2.00 bits per heavy atom. The molecular weight excluding hydrogens is 362 g/mol. The molecule has 0 aliphatic heterocycles. The molecule has 6 nitrogen and oxygen atoms in total. The van der Waals surface area contributed by atoms with Gasteiger partial charge in [0.15, 0.2) is 0 Å². The minimum Gasteiger partial charge on any atom is -0.363 e. The Morgan fingerprint density at radius 3 is 2.86 bits per heavy atom. The van der Waals surface area contributed by atoms with Crippen LogP contribution in [0.2, 0.25) is 0 Å². The third kappa shape index (κ3) is 4.66. The van der Waals surface area contributed by atoms with E-state index in [1.165, 1.54) is 11.1 Å². The van der Waals surface area contributed by atoms with Crippen LogP contribution in [0.3, 0.4) is 0 Å². The van der Waals surface area contributed by atoms with Crippen LogP contribution in [-0.4, -0.2) is 43.1 Å². The van der Waals surface area contributed by atoms with Crippen LogP contribution in [0.1, 0.15) is 23.6 Å². The fourth-order valence-electron chi connectivity index (χ4n) is 3.74. The topological polar surface area (TPSA) is 69.3 Å². The smallest absolute Gasteiger partial charge is 0.319 e. The fraction of sp³-hybridized carbons (Fsp3) is 0.304. The Labute approximate surface area is 171 Å². The number of rotatable bonds is 6. The third-order valence-corrected chi connectivity index (χ3v) is 5.25. The highest BCUT2D eigenvalue weighted by Gasteiger charge is 2.21. The second kappa shape index (κ2) is 8.49. The number of benzene rings is 2. The summed E-state index contributed by atoms with van der Waals surface area (Å²) in [7, 11) is 3.95. The van der Waals surface area contributed by atoms with Crippen molar-refractivity contribution in [2.45, 2.75) is 18.9 Å². The van der Waals surface area contributed by atoms with Crippen molar-refractivity contribution in [3.05, 3.63) is 65.7 Å². The highest BCUT2D eigenvalue weighted by atomic mass is 16.2. The van der Waals surface area contributed by atoms with Crippen molar-refractivity contribution >= 4 is 28.4 Å². The first-order valence-electron chi connectivity index (χ1n) is 10.0. The average molecular weight is 390 g/mol. The number of likely N-dealkylation sites (N-methyl/N-ethyl adjacent to an activating group) is 1. The molecule has 3 aromatic rings. The molecule has 1 aliphatic rings. The van der Waals surface area contributed by atoms with Gasteiger partial charge in [-0.2, -0.15) is 0 Å². The predicted molar refractivity (Wildman–Crippen MR) is 118 cm³/mol. The van der Waals surface area contributed by atoms with Crippen LogP contribution < -0.4 is 16.0 Å². The van der Waals surface area contributed by atoms with Crippen LogP contribution in [0, 0.1) is 0 Å². The molecule has 0 bridgehead atoms. The van der Waals surface area contributed by atoms with Gasteiger partial charge in [0.2, 0.25) is 0 Å². The number of hydrogen-bond acceptors (Lipinski definition) is 4. The van der Waals surface area contributed by atoms with E-state index < -0.39 is 0 Å². The summed E-state index contributed by atoms with van der Waals surface area (Å²) in [5.74, 6) is 0.876. The number of carbonyl (C=O) groups is 1. The second-order valence-electron chi connectivity index (χ2n) is 7.72. The van der Waals surface area contributed by atoms with Crippen LogP contribution >= 0.6 is 0 Å². The molecule has 0 saturated carbocycles. The van der Waals surface area contributed by atoms with Crippen LogP contribution in [0.5, 0.6) is 0 Å². The van der Waals surface area contributed by atoms with E-state index in [0.717, 1.165) is 41.8 Å². The number of aryl methyl sites for hydroxylation is 1. The molecule has 1 aliphatic carbocycles. The Morgan fingerprint density at radius 1 is 1.14 bits per heavy atom. The summed E-state index contributed by atoms with van der Waals surface area (Å²) in [6.45, 7) is 1.41. The number of carbonyl (C=O) groups excluding carboxylic acids is 1. The Bertz CT molecular complexity index is 1020. The van der Waals surface area contributed by atoms with Gasteiger partial charge >= 0.3 is 6.03 Å². The minimum atomic E-state index is -0.197. The lowest BCUT2D eigenvalue weighted by molar-refractivity contribution is 0.250. The molecule has 1 aromatic heterocycles. The first-order chi connectivity index (χ1) is 14.1. The average Bonchev–Trinajstić information content (AvgIpc) is 3.11. The molecule has 2 amide bonds. The molecule has 1 heterocycles. The highest BCUT2D eigenvalue weighted by molar-refractivity contribution is 5.92. The monoisotopic (exact) mass is 389 g/mol. The molecule has 3 N–H and O–H groups in total. The molecule has 0 radical (unpaired) electrons. The summed E-state index contributed by atoms with van der Waals surface area (Å²) in [6, 6.07) is 18.5. The molecule has 0 unspecified atom stereocenters. The van der Waals surface area contributed by atoms with E-state index in [-0.39, 0.29) is 6.03 Å². The number of urea groups is 1. The van der Waals surface area contributed by atoms with E-state index >= 15 is 0 Å². The van der Waals surface area contributed by atoms with Gasteiger partial charge in [-0.3, -0.25) is 0 Å². The largest absolute Gasteiger partial charge is 0.363 e. The lowest BCUT2D eigenvalue weighted by Crippen LogP contribution is -2.34. The van der Waals surface area contributed by atoms with E-state index in [1.54, 1.807) is 0 Å². The standard InChI is InChI=1S/C23H27N5O/c1-28(2)14-13-24-23(29)25-18-9-11-20-17(15-18)8-12-22(26-20)27-21-10-7-16-5-3-4-6-19(16)21/h3-6,8-9,11-12,15,21H,7,10,13-14H2,1-2H3,(H,26,27)(H2,24,25,29)/t21-/m1/s1. The normalized spacial score (nSPS) is 15.3. The number of anilines is 2. The fourth-order valence-corrected chi connectivity index (χ4v) is 3.74. The van der Waals surface area contributed by atoms with E-state index in [2.05, 4.69) is 40.2 Å². The van der Waals surface area contributed by atoms with E-state index in [9.17, 15) is 4.79 Å². The van der Waals surface area contributed by atoms with Crippen LogP contribution in [-0.2, 0) is 6.42 Å². The van der Waals surface area contributed by atoms with Gasteiger partial charge in [0.05, 0.1) is 11.6 Å². The molecular formula is C23H27N5O. The van der Waals surface area contributed by atoms with Crippen molar-refractivity contribution in [3.63, 3.8) is 0 Å². The van der Waals surface area contributed by atoms with Gasteiger partial charge in [0, 0.05) is 24.2 Å². The van der Waals surface area contributed by atoms with Gasteiger partial charge in [-0.05, 0) is 68.4 Å². The SMILES string of the molecule is CN(C)CCNC(=O)Nc1ccc2nc(N[C@@H]3CCc4ccccc43)ccc2c1. The van der Waals surface area contributed by atoms with E-state index in [4.69, 9.17) is 4.98 Å². The van der Waals surface area contributed by atoms with Crippen molar-refractivity contribution in [2.24, 2.45) is 0 Å². The number of amides is 2. The van der Waals surface area contributed by atoms with Gasteiger partial charge in [-0.1, -0.05) is 24.3 Å². The van der Waals surface area contributed by atoms with Crippen molar-refractivity contribution in [1.82, 2.24) is 15.2 Å². The van der Waals surface area contributed by atoms with Gasteiger partial charge in [0.25, 0.3) is 0 Å². The number of aromatic nitrogens is 1. The van der Waals surface area contributed by atoms with Crippen molar-refractivity contribution in [1.29, 1.82) is 0 Å². The van der Waals surface area contributed by atoms with Gasteiger partial charge < -0.3 is 20.9 Å². The number of hydrogen-bond donors (Lipinski definition) is 3. The lowest BCUT2D eigenvalue weighted by Gasteiger charge is -2.15. The minimum absolute atomic E-state index is 0.197. The van der Waals surface area contributed by atoms with Gasteiger partial charge in [-0.15, -0.1) is 0 Å². The quantitative estimate of drug-likeness (QED) is 0.596. The molecule has 150 valence electrons. The zero-order valence-corrected chi connectivity index (χ0v) is 16.9. The molecule has 4 rings (SSSR count). The summed E-state index contributed by atoms with van der Waals surface area (Å²) in [5, 5.41) is 10.3. The predicted octanol–water partition coefficient (Wildman–Crippen LogP) is 4.02. The van der Waals surface area contributed by atoms with Gasteiger partial charge in [-0.25, -0.2) is 9.78 Å². The molecule has 0 saturated heterocycles. The zero-order valence-electron chi connectivity index (χ0n) is 16.9. The molecule has 29 heavy (non-hydrogen) atoms. The Hall–Kier alpha value is -3.12. The number of nitrogens with one attached hydrogen (secondary N) is 3. The third-order valence-electron chi connectivity index (χ3n) is 5.25. The first kappa shape index (κ1) is 19.2. The van der Waals surface area contributed by atoms with E-state index in [1.807, 2.05) is 49.3 Å². The van der Waals surface area contributed by atoms with Crippen LogP contribution in [0.25, 0.3) is 10.9 Å². The summed E-state index contributed by atoms with van der Waals surface area (Å²) < 4.78 is 0. The maximum atomic E-state index is 12.0. The number of fused-ring (bicyclic) bond motifs is 2. The van der Waals surface area contributed by atoms with E-state index in [0.29, 0.717) is 12.6 Å². The molecule has 0 fully saturated rings. The molecule has 1 atom stereocenters. The Kier molecular flexibility index (Phi) is 5.62. The van der Waals surface area contributed by atoms with Crippen LogP contribution in [0.15, 0.2) is 54.6 Å².